The van der Waals surface area contributed by atoms with E-state index in [2.05, 4.69) is 22.7 Å². The van der Waals surface area contributed by atoms with E-state index in [1.807, 2.05) is 0 Å². The van der Waals surface area contributed by atoms with Gasteiger partial charge in [0.2, 0.25) is 10.0 Å². The second kappa shape index (κ2) is 6.38. The van der Waals surface area contributed by atoms with Crippen molar-refractivity contribution in [3.8, 4) is 0 Å². The van der Waals surface area contributed by atoms with Crippen molar-refractivity contribution in [2.24, 2.45) is 16.9 Å². The van der Waals surface area contributed by atoms with Crippen LogP contribution in [0.15, 0.2) is 46.4 Å². The summed E-state index contributed by atoms with van der Waals surface area (Å²) in [6.07, 6.45) is 8.09. The van der Waals surface area contributed by atoms with Gasteiger partial charge >= 0.3 is 0 Å². The molecule has 0 radical (unpaired) electrons. The molecule has 0 unspecified atom stereocenters. The zero-order chi connectivity index (χ0) is 17.4. The predicted octanol–water partition coefficient (Wildman–Crippen LogP) is 2.15. The van der Waals surface area contributed by atoms with Gasteiger partial charge in [-0.05, 0) is 55.9 Å². The zero-order valence-electron chi connectivity index (χ0n) is 13.9. The van der Waals surface area contributed by atoms with Crippen LogP contribution in [-0.2, 0) is 10.0 Å². The van der Waals surface area contributed by atoms with Crippen LogP contribution < -0.4 is 5.43 Å². The molecule has 1 saturated carbocycles. The van der Waals surface area contributed by atoms with E-state index in [4.69, 9.17) is 0 Å². The van der Waals surface area contributed by atoms with Crippen LogP contribution in [-0.4, -0.2) is 37.4 Å². The number of benzene rings is 1. The summed E-state index contributed by atoms with van der Waals surface area (Å²) in [5.41, 5.74) is 4.03. The minimum atomic E-state index is -3.44. The van der Waals surface area contributed by atoms with Crippen LogP contribution in [0.25, 0.3) is 0 Å². The number of amides is 1. The Labute approximate surface area is 147 Å². The Bertz CT molecular complexity index is 837. The first-order chi connectivity index (χ1) is 12.1. The average Bonchev–Trinajstić information content (AvgIpc) is 3.26. The summed E-state index contributed by atoms with van der Waals surface area (Å²) in [6, 6.07) is 6.07. The predicted molar refractivity (Wildman–Crippen MR) is 94.7 cm³/mol. The summed E-state index contributed by atoms with van der Waals surface area (Å²) in [4.78, 5) is 12.4. The van der Waals surface area contributed by atoms with Gasteiger partial charge in [-0.2, -0.15) is 9.41 Å². The van der Waals surface area contributed by atoms with Crippen molar-refractivity contribution in [3.05, 3.63) is 42.0 Å². The van der Waals surface area contributed by atoms with Crippen molar-refractivity contribution >= 4 is 21.6 Å². The van der Waals surface area contributed by atoms with Crippen LogP contribution in [0.5, 0.6) is 0 Å². The van der Waals surface area contributed by atoms with Gasteiger partial charge in [-0.15, -0.1) is 0 Å². The van der Waals surface area contributed by atoms with Gasteiger partial charge in [-0.1, -0.05) is 12.2 Å². The number of hydrazone groups is 1. The summed E-state index contributed by atoms with van der Waals surface area (Å²) >= 11 is 0. The quantitative estimate of drug-likeness (QED) is 0.661. The molecule has 1 N–H and O–H groups in total. The Morgan fingerprint density at radius 2 is 1.88 bits per heavy atom. The number of nitrogens with one attached hydrogen (secondary N) is 1. The van der Waals surface area contributed by atoms with E-state index in [0.29, 0.717) is 30.5 Å². The maximum atomic E-state index is 12.5. The molecule has 2 atom stereocenters. The van der Waals surface area contributed by atoms with Crippen LogP contribution in [0, 0.1) is 11.8 Å². The first-order valence-corrected chi connectivity index (χ1v) is 10.1. The Hall–Kier alpha value is -1.99. The van der Waals surface area contributed by atoms with Gasteiger partial charge in [-0.3, -0.25) is 4.79 Å². The molecular formula is C18H21N3O3S. The molecule has 1 aromatic carbocycles. The molecule has 1 aliphatic heterocycles. The van der Waals surface area contributed by atoms with Crippen LogP contribution >= 0.6 is 0 Å². The van der Waals surface area contributed by atoms with Crippen molar-refractivity contribution in [2.45, 2.75) is 30.6 Å². The molecule has 2 aliphatic carbocycles. The molecule has 2 fully saturated rings. The van der Waals surface area contributed by atoms with Crippen LogP contribution in [0.1, 0.15) is 36.0 Å². The molecule has 6 nitrogen and oxygen atoms in total. The van der Waals surface area contributed by atoms with E-state index in [9.17, 15) is 13.2 Å². The normalized spacial score (nSPS) is 27.3. The molecule has 7 heteroatoms. The number of carbonyl (C=O) groups excluding carboxylic acids is 1. The van der Waals surface area contributed by atoms with Crippen LogP contribution in [0.2, 0.25) is 0 Å². The smallest absolute Gasteiger partial charge is 0.267 e. The lowest BCUT2D eigenvalue weighted by Gasteiger charge is -2.31. The lowest BCUT2D eigenvalue weighted by molar-refractivity contribution is 0.0954. The first kappa shape index (κ1) is 16.5. The summed E-state index contributed by atoms with van der Waals surface area (Å²) in [5, 5.41) is 4.23. The van der Waals surface area contributed by atoms with Gasteiger partial charge in [0.15, 0.2) is 0 Å². The molecule has 4 rings (SSSR count). The Morgan fingerprint density at radius 3 is 2.56 bits per heavy atom. The van der Waals surface area contributed by atoms with Gasteiger partial charge in [0.25, 0.3) is 5.91 Å². The molecule has 1 heterocycles. The third-order valence-corrected chi connectivity index (χ3v) is 7.20. The van der Waals surface area contributed by atoms with Crippen molar-refractivity contribution in [3.63, 3.8) is 0 Å². The molecule has 0 spiro atoms. The van der Waals surface area contributed by atoms with Crippen molar-refractivity contribution in [1.29, 1.82) is 0 Å². The molecule has 1 saturated heterocycles. The Morgan fingerprint density at radius 1 is 1.16 bits per heavy atom. The van der Waals surface area contributed by atoms with Crippen molar-refractivity contribution in [1.82, 2.24) is 9.73 Å². The van der Waals surface area contributed by atoms with Crippen LogP contribution in [0.4, 0.5) is 0 Å². The molecule has 0 aromatic heterocycles. The van der Waals surface area contributed by atoms with E-state index in [-0.39, 0.29) is 10.8 Å². The van der Waals surface area contributed by atoms with Gasteiger partial charge in [0, 0.05) is 30.3 Å². The highest BCUT2D eigenvalue weighted by Gasteiger charge is 2.38. The lowest BCUT2D eigenvalue weighted by Crippen LogP contribution is -2.35. The summed E-state index contributed by atoms with van der Waals surface area (Å²) in [6.45, 7) is 1.14. The van der Waals surface area contributed by atoms with Gasteiger partial charge < -0.3 is 0 Å². The second-order valence-electron chi connectivity index (χ2n) is 6.82. The Balaban J connectivity index is 1.41. The van der Waals surface area contributed by atoms with Gasteiger partial charge in [0.1, 0.15) is 0 Å². The maximum Gasteiger partial charge on any atom is 0.271 e. The highest BCUT2D eigenvalue weighted by atomic mass is 32.2. The number of hydrogen-bond acceptors (Lipinski definition) is 4. The van der Waals surface area contributed by atoms with Crippen LogP contribution in [0.3, 0.4) is 0 Å². The highest BCUT2D eigenvalue weighted by Crippen LogP contribution is 2.40. The average molecular weight is 359 g/mol. The number of nitrogens with zero attached hydrogens (tertiary/aromatic N) is 2. The SMILES string of the molecule is O=C(N/N=C1/C[C@@H]2C=CC[C@H]12)c1ccc(S(=O)(=O)N2CCCC2)cc1. The highest BCUT2D eigenvalue weighted by molar-refractivity contribution is 7.89. The van der Waals surface area contributed by atoms with E-state index >= 15 is 0 Å². The lowest BCUT2D eigenvalue weighted by atomic mass is 9.74. The fourth-order valence-corrected chi connectivity index (χ4v) is 5.22. The molecule has 132 valence electrons. The number of fused-ring (bicyclic) bond motifs is 1. The Kier molecular flexibility index (Phi) is 4.21. The largest absolute Gasteiger partial charge is 0.271 e. The minimum absolute atomic E-state index is 0.233. The minimum Gasteiger partial charge on any atom is -0.267 e. The fraction of sp³-hybridized carbons (Fsp3) is 0.444. The maximum absolute atomic E-state index is 12.5. The van der Waals surface area contributed by atoms with E-state index in [0.717, 1.165) is 31.4 Å². The van der Waals surface area contributed by atoms with E-state index < -0.39 is 10.0 Å². The summed E-state index contributed by atoms with van der Waals surface area (Å²) in [7, 11) is -3.44. The topological polar surface area (TPSA) is 78.8 Å². The monoisotopic (exact) mass is 359 g/mol. The van der Waals surface area contributed by atoms with Crippen molar-refractivity contribution in [2.75, 3.05) is 13.1 Å². The van der Waals surface area contributed by atoms with Gasteiger partial charge in [-0.25, -0.2) is 13.8 Å². The number of hydrogen-bond donors (Lipinski definition) is 1. The van der Waals surface area contributed by atoms with Crippen molar-refractivity contribution < 1.29 is 13.2 Å². The second-order valence-corrected chi connectivity index (χ2v) is 8.76. The first-order valence-electron chi connectivity index (χ1n) is 8.69. The fourth-order valence-electron chi connectivity index (χ4n) is 3.71. The number of sulfonamides is 1. The molecule has 25 heavy (non-hydrogen) atoms. The molecule has 0 bridgehead atoms. The summed E-state index contributed by atoms with van der Waals surface area (Å²) in [5.74, 6) is 0.728. The molecule has 3 aliphatic rings. The number of carbonyl (C=O) groups is 1. The third-order valence-electron chi connectivity index (χ3n) is 5.28. The number of rotatable bonds is 4. The standard InChI is InChI=1S/C18H21N3O3S/c22-18(20-19-17-12-14-4-3-5-16(14)17)13-6-8-15(9-7-13)25(23,24)21-10-1-2-11-21/h3-4,6-9,14,16H,1-2,5,10-12H2,(H,20,22)/b19-17-/t14-,16-/m0/s1. The van der Waals surface area contributed by atoms with Gasteiger partial charge in [0.05, 0.1) is 4.90 Å². The number of allylic oxidation sites excluding steroid dienone is 2. The zero-order valence-corrected chi connectivity index (χ0v) is 14.7. The third kappa shape index (κ3) is 3.02. The summed E-state index contributed by atoms with van der Waals surface area (Å²) < 4.78 is 26.5. The molecular weight excluding hydrogens is 338 g/mol. The van der Waals surface area contributed by atoms with E-state index in [1.54, 1.807) is 12.1 Å². The molecule has 1 aromatic rings. The van der Waals surface area contributed by atoms with E-state index in [1.165, 1.54) is 16.4 Å². The molecule has 1 amide bonds.